The van der Waals surface area contributed by atoms with Gasteiger partial charge in [0.15, 0.2) is 0 Å². The van der Waals surface area contributed by atoms with Crippen LogP contribution in [-0.2, 0) is 9.59 Å². The van der Waals surface area contributed by atoms with Crippen LogP contribution in [0.4, 0.5) is 0 Å². The third kappa shape index (κ3) is 4.29. The molecule has 0 saturated carbocycles. The standard InChI is InChI=1S/C10H20N2O3/c1-4-8(5-11)9(13)12-7(3)6(2)10(14)15/h6-8H,4-5,11H2,1-3H3,(H,12,13)(H,14,15). The molecule has 1 amide bonds. The molecule has 3 unspecified atom stereocenters. The fourth-order valence-corrected chi connectivity index (χ4v) is 1.14. The molecule has 0 spiro atoms. The van der Waals surface area contributed by atoms with Crippen LogP contribution in [0.3, 0.4) is 0 Å². The largest absolute Gasteiger partial charge is 0.481 e. The summed E-state index contributed by atoms with van der Waals surface area (Å²) in [5, 5.41) is 11.4. The molecule has 0 saturated heterocycles. The molecular formula is C10H20N2O3. The zero-order chi connectivity index (χ0) is 12.0. The van der Waals surface area contributed by atoms with Crippen molar-refractivity contribution in [1.29, 1.82) is 0 Å². The lowest BCUT2D eigenvalue weighted by molar-refractivity contribution is -0.142. The second kappa shape index (κ2) is 6.40. The quantitative estimate of drug-likeness (QED) is 0.591. The van der Waals surface area contributed by atoms with E-state index in [9.17, 15) is 9.59 Å². The topological polar surface area (TPSA) is 92.4 Å². The first kappa shape index (κ1) is 13.9. The van der Waals surface area contributed by atoms with Crippen molar-refractivity contribution in [2.24, 2.45) is 17.6 Å². The Labute approximate surface area is 90.0 Å². The average molecular weight is 216 g/mol. The van der Waals surface area contributed by atoms with Crippen molar-refractivity contribution >= 4 is 11.9 Å². The highest BCUT2D eigenvalue weighted by Crippen LogP contribution is 2.05. The van der Waals surface area contributed by atoms with E-state index in [1.165, 1.54) is 0 Å². The molecule has 5 nitrogen and oxygen atoms in total. The Morgan fingerprint density at radius 2 is 1.93 bits per heavy atom. The molecule has 0 bridgehead atoms. The molecule has 0 aliphatic rings. The van der Waals surface area contributed by atoms with Crippen molar-refractivity contribution < 1.29 is 14.7 Å². The number of nitrogens with two attached hydrogens (primary N) is 1. The summed E-state index contributed by atoms with van der Waals surface area (Å²) in [4.78, 5) is 22.2. The van der Waals surface area contributed by atoms with E-state index in [0.717, 1.165) is 0 Å². The minimum Gasteiger partial charge on any atom is -0.481 e. The first-order valence-electron chi connectivity index (χ1n) is 5.17. The van der Waals surface area contributed by atoms with Crippen LogP contribution in [-0.4, -0.2) is 29.6 Å². The van der Waals surface area contributed by atoms with E-state index in [1.54, 1.807) is 13.8 Å². The maximum atomic E-state index is 11.6. The summed E-state index contributed by atoms with van der Waals surface area (Å²) in [7, 11) is 0. The predicted molar refractivity (Wildman–Crippen MR) is 57.2 cm³/mol. The maximum Gasteiger partial charge on any atom is 0.308 e. The van der Waals surface area contributed by atoms with Gasteiger partial charge >= 0.3 is 5.97 Å². The number of amides is 1. The van der Waals surface area contributed by atoms with Gasteiger partial charge in [0, 0.05) is 18.5 Å². The van der Waals surface area contributed by atoms with Crippen LogP contribution in [0, 0.1) is 11.8 Å². The van der Waals surface area contributed by atoms with Gasteiger partial charge in [-0.25, -0.2) is 0 Å². The second-order valence-corrected chi connectivity index (χ2v) is 3.77. The van der Waals surface area contributed by atoms with Crippen molar-refractivity contribution in [3.63, 3.8) is 0 Å². The SMILES string of the molecule is CCC(CN)C(=O)NC(C)C(C)C(=O)O. The molecule has 88 valence electrons. The number of rotatable bonds is 6. The molecule has 5 heteroatoms. The number of hydrogen-bond donors (Lipinski definition) is 3. The predicted octanol–water partition coefficient (Wildman–Crippen LogP) is 0.197. The van der Waals surface area contributed by atoms with Gasteiger partial charge in [0.05, 0.1) is 5.92 Å². The number of aliphatic carboxylic acids is 1. The molecule has 0 heterocycles. The van der Waals surface area contributed by atoms with E-state index in [2.05, 4.69) is 5.32 Å². The zero-order valence-electron chi connectivity index (χ0n) is 9.49. The molecule has 0 aromatic heterocycles. The summed E-state index contributed by atoms with van der Waals surface area (Å²) in [5.41, 5.74) is 5.42. The molecule has 0 aromatic carbocycles. The third-order valence-electron chi connectivity index (χ3n) is 2.66. The smallest absolute Gasteiger partial charge is 0.308 e. The first-order valence-corrected chi connectivity index (χ1v) is 5.17. The highest BCUT2D eigenvalue weighted by Gasteiger charge is 2.23. The Hall–Kier alpha value is -1.10. The Bertz CT molecular complexity index is 227. The van der Waals surface area contributed by atoms with Crippen LogP contribution < -0.4 is 11.1 Å². The maximum absolute atomic E-state index is 11.6. The monoisotopic (exact) mass is 216 g/mol. The summed E-state index contributed by atoms with van der Waals surface area (Å²) in [5.74, 6) is -1.90. The van der Waals surface area contributed by atoms with E-state index in [0.29, 0.717) is 6.42 Å². The summed E-state index contributed by atoms with van der Waals surface area (Å²) < 4.78 is 0. The minimum atomic E-state index is -0.913. The van der Waals surface area contributed by atoms with Gasteiger partial charge in [0.2, 0.25) is 5.91 Å². The number of carbonyl (C=O) groups is 2. The summed E-state index contributed by atoms with van der Waals surface area (Å²) in [6.45, 7) is 5.41. The third-order valence-corrected chi connectivity index (χ3v) is 2.66. The van der Waals surface area contributed by atoms with Gasteiger partial charge in [-0.15, -0.1) is 0 Å². The minimum absolute atomic E-state index is 0.166. The highest BCUT2D eigenvalue weighted by atomic mass is 16.4. The molecule has 15 heavy (non-hydrogen) atoms. The number of carboxylic acids is 1. The van der Waals surface area contributed by atoms with E-state index in [-0.39, 0.29) is 24.4 Å². The number of carbonyl (C=O) groups excluding carboxylic acids is 1. The van der Waals surface area contributed by atoms with Crippen molar-refractivity contribution in [3.05, 3.63) is 0 Å². The number of hydrogen-bond acceptors (Lipinski definition) is 3. The molecule has 0 fully saturated rings. The van der Waals surface area contributed by atoms with Gasteiger partial charge < -0.3 is 16.2 Å². The fraction of sp³-hybridized carbons (Fsp3) is 0.800. The van der Waals surface area contributed by atoms with Crippen LogP contribution in [0.5, 0.6) is 0 Å². The summed E-state index contributed by atoms with van der Waals surface area (Å²) >= 11 is 0. The van der Waals surface area contributed by atoms with Crippen LogP contribution in [0.15, 0.2) is 0 Å². The summed E-state index contributed by atoms with van der Waals surface area (Å²) in [6, 6.07) is -0.379. The molecule has 4 N–H and O–H groups in total. The Morgan fingerprint density at radius 1 is 1.40 bits per heavy atom. The molecule has 0 aromatic rings. The van der Waals surface area contributed by atoms with Crippen LogP contribution in [0.2, 0.25) is 0 Å². The molecule has 0 aliphatic carbocycles. The Balaban J connectivity index is 4.22. The van der Waals surface area contributed by atoms with Crippen molar-refractivity contribution in [2.75, 3.05) is 6.54 Å². The van der Waals surface area contributed by atoms with Gasteiger partial charge in [0.1, 0.15) is 0 Å². The van der Waals surface area contributed by atoms with Gasteiger partial charge in [-0.1, -0.05) is 6.92 Å². The normalized spacial score (nSPS) is 16.5. The first-order chi connectivity index (χ1) is 6.93. The zero-order valence-corrected chi connectivity index (χ0v) is 9.49. The lowest BCUT2D eigenvalue weighted by atomic mass is 10.0. The molecule has 0 rings (SSSR count). The van der Waals surface area contributed by atoms with Crippen LogP contribution in [0.25, 0.3) is 0 Å². The molecule has 3 atom stereocenters. The lowest BCUT2D eigenvalue weighted by Crippen LogP contribution is -2.44. The fourth-order valence-electron chi connectivity index (χ4n) is 1.14. The van der Waals surface area contributed by atoms with E-state index in [1.807, 2.05) is 6.92 Å². The molecule has 0 aliphatic heterocycles. The van der Waals surface area contributed by atoms with E-state index >= 15 is 0 Å². The van der Waals surface area contributed by atoms with Gasteiger partial charge in [-0.3, -0.25) is 9.59 Å². The lowest BCUT2D eigenvalue weighted by Gasteiger charge is -2.20. The van der Waals surface area contributed by atoms with Gasteiger partial charge in [-0.05, 0) is 20.3 Å². The van der Waals surface area contributed by atoms with E-state index in [4.69, 9.17) is 10.8 Å². The van der Waals surface area contributed by atoms with Crippen molar-refractivity contribution in [2.45, 2.75) is 33.2 Å². The number of nitrogens with one attached hydrogen (secondary N) is 1. The molecule has 0 radical (unpaired) electrons. The van der Waals surface area contributed by atoms with Gasteiger partial charge in [0.25, 0.3) is 0 Å². The Kier molecular flexibility index (Phi) is 5.93. The van der Waals surface area contributed by atoms with Crippen molar-refractivity contribution in [1.82, 2.24) is 5.32 Å². The van der Waals surface area contributed by atoms with Crippen molar-refractivity contribution in [3.8, 4) is 0 Å². The summed E-state index contributed by atoms with van der Waals surface area (Å²) in [6.07, 6.45) is 0.663. The average Bonchev–Trinajstić information content (AvgIpc) is 2.18. The van der Waals surface area contributed by atoms with E-state index < -0.39 is 11.9 Å². The second-order valence-electron chi connectivity index (χ2n) is 3.77. The Morgan fingerprint density at radius 3 is 2.27 bits per heavy atom. The van der Waals surface area contributed by atoms with Crippen LogP contribution in [0.1, 0.15) is 27.2 Å². The number of carboxylic acid groups (broad SMARTS) is 1. The highest BCUT2D eigenvalue weighted by molar-refractivity contribution is 5.80. The van der Waals surface area contributed by atoms with Gasteiger partial charge in [-0.2, -0.15) is 0 Å². The molecular weight excluding hydrogens is 196 g/mol. The van der Waals surface area contributed by atoms with Crippen LogP contribution >= 0.6 is 0 Å².